The molecular weight excluding hydrogens is 186 g/mol. The van der Waals surface area contributed by atoms with E-state index < -0.39 is 0 Å². The highest BCUT2D eigenvalue weighted by Gasteiger charge is 2.12. The molecule has 0 N–H and O–H groups in total. The average molecular weight is 205 g/mol. The van der Waals surface area contributed by atoms with Crippen LogP contribution in [0.25, 0.3) is 0 Å². The number of carbonyl (C=O) groups is 1. The van der Waals surface area contributed by atoms with Crippen LogP contribution in [0.2, 0.25) is 0 Å². The first-order chi connectivity index (χ1) is 7.19. The third kappa shape index (κ3) is 3.08. The van der Waals surface area contributed by atoms with Gasteiger partial charge in [-0.1, -0.05) is 17.7 Å². The summed E-state index contributed by atoms with van der Waals surface area (Å²) in [5, 5.41) is 0. The van der Waals surface area contributed by atoms with E-state index in [1.165, 1.54) is 43.1 Å². The van der Waals surface area contributed by atoms with Crippen LogP contribution in [0.5, 0.6) is 0 Å². The highest BCUT2D eigenvalue weighted by Crippen LogP contribution is 2.26. The molecule has 0 atom stereocenters. The SMILES string of the molecule is CC=O.Cc1ccc2c(c1)CCCN2C. The molecule has 1 aliphatic heterocycles. The van der Waals surface area contributed by atoms with Crippen molar-refractivity contribution >= 4 is 12.0 Å². The lowest BCUT2D eigenvalue weighted by molar-refractivity contribution is -0.106. The van der Waals surface area contributed by atoms with Gasteiger partial charge in [-0.25, -0.2) is 0 Å². The van der Waals surface area contributed by atoms with Gasteiger partial charge in [0.25, 0.3) is 0 Å². The van der Waals surface area contributed by atoms with Gasteiger partial charge in [0.1, 0.15) is 6.29 Å². The zero-order valence-corrected chi connectivity index (χ0v) is 9.79. The van der Waals surface area contributed by atoms with E-state index in [4.69, 9.17) is 4.79 Å². The van der Waals surface area contributed by atoms with Crippen LogP contribution in [0.15, 0.2) is 18.2 Å². The van der Waals surface area contributed by atoms with Gasteiger partial charge in [-0.2, -0.15) is 0 Å². The Bertz CT molecular complexity index is 333. The van der Waals surface area contributed by atoms with Crippen molar-refractivity contribution in [1.29, 1.82) is 0 Å². The van der Waals surface area contributed by atoms with Crippen LogP contribution >= 0.6 is 0 Å². The van der Waals surface area contributed by atoms with Crippen molar-refractivity contribution in [3.05, 3.63) is 29.3 Å². The van der Waals surface area contributed by atoms with E-state index in [-0.39, 0.29) is 0 Å². The molecule has 1 heterocycles. The molecule has 2 rings (SSSR count). The highest BCUT2D eigenvalue weighted by atomic mass is 16.1. The molecule has 2 nitrogen and oxygen atoms in total. The van der Waals surface area contributed by atoms with Gasteiger partial charge >= 0.3 is 0 Å². The minimum absolute atomic E-state index is 0.750. The fourth-order valence-corrected chi connectivity index (χ4v) is 1.91. The number of aldehydes is 1. The first-order valence-corrected chi connectivity index (χ1v) is 5.39. The third-order valence-corrected chi connectivity index (χ3v) is 2.59. The summed E-state index contributed by atoms with van der Waals surface area (Å²) in [6.45, 7) is 4.81. The molecule has 0 aliphatic carbocycles. The number of hydrogen-bond acceptors (Lipinski definition) is 2. The van der Waals surface area contributed by atoms with Gasteiger partial charge in [0.05, 0.1) is 0 Å². The average Bonchev–Trinajstić information content (AvgIpc) is 2.19. The molecule has 0 radical (unpaired) electrons. The summed E-state index contributed by atoms with van der Waals surface area (Å²) in [5.74, 6) is 0. The maximum Gasteiger partial charge on any atom is 0.116 e. The molecule has 0 unspecified atom stereocenters. The van der Waals surface area contributed by atoms with Crippen LogP contribution < -0.4 is 4.90 Å². The minimum atomic E-state index is 0.750. The molecule has 0 spiro atoms. The van der Waals surface area contributed by atoms with E-state index in [1.54, 1.807) is 0 Å². The number of benzene rings is 1. The normalized spacial score (nSPS) is 13.7. The lowest BCUT2D eigenvalue weighted by Crippen LogP contribution is -2.24. The van der Waals surface area contributed by atoms with Crippen LogP contribution in [0, 0.1) is 6.92 Å². The van der Waals surface area contributed by atoms with Gasteiger partial charge < -0.3 is 9.69 Å². The summed E-state index contributed by atoms with van der Waals surface area (Å²) in [7, 11) is 2.17. The molecule has 0 amide bonds. The van der Waals surface area contributed by atoms with Crippen LogP contribution in [0.4, 0.5) is 5.69 Å². The maximum absolute atomic E-state index is 8.81. The van der Waals surface area contributed by atoms with E-state index in [1.807, 2.05) is 0 Å². The van der Waals surface area contributed by atoms with Gasteiger partial charge in [-0.15, -0.1) is 0 Å². The maximum atomic E-state index is 8.81. The standard InChI is InChI=1S/C11H15N.C2H4O/c1-9-5-6-11-10(8-9)4-3-7-12(11)2;1-2-3/h5-6,8H,3-4,7H2,1-2H3;2H,1H3. The number of anilines is 1. The molecular formula is C13H19NO. The Morgan fingerprint density at radius 1 is 1.40 bits per heavy atom. The topological polar surface area (TPSA) is 20.3 Å². The molecule has 0 saturated carbocycles. The fourth-order valence-electron chi connectivity index (χ4n) is 1.91. The van der Waals surface area contributed by atoms with Gasteiger partial charge in [-0.05, 0) is 38.3 Å². The fraction of sp³-hybridized carbons (Fsp3) is 0.462. The summed E-state index contributed by atoms with van der Waals surface area (Å²) in [5.41, 5.74) is 4.32. The van der Waals surface area contributed by atoms with Gasteiger partial charge in [0, 0.05) is 19.3 Å². The Morgan fingerprint density at radius 3 is 2.73 bits per heavy atom. The Morgan fingerprint density at radius 2 is 2.07 bits per heavy atom. The van der Waals surface area contributed by atoms with E-state index in [0.717, 1.165) is 6.29 Å². The summed E-state index contributed by atoms with van der Waals surface area (Å²) in [6, 6.07) is 6.75. The van der Waals surface area contributed by atoms with E-state index in [2.05, 4.69) is 37.1 Å². The first kappa shape index (κ1) is 11.8. The van der Waals surface area contributed by atoms with Crippen molar-refractivity contribution in [3.8, 4) is 0 Å². The number of aryl methyl sites for hydroxylation is 2. The quantitative estimate of drug-likeness (QED) is 0.607. The summed E-state index contributed by atoms with van der Waals surface area (Å²) >= 11 is 0. The van der Waals surface area contributed by atoms with Crippen molar-refractivity contribution in [1.82, 2.24) is 0 Å². The lowest BCUT2D eigenvalue weighted by Gasteiger charge is -2.27. The molecule has 0 saturated heterocycles. The molecule has 0 bridgehead atoms. The third-order valence-electron chi connectivity index (χ3n) is 2.59. The molecule has 15 heavy (non-hydrogen) atoms. The van der Waals surface area contributed by atoms with Crippen LogP contribution in [-0.2, 0) is 11.2 Å². The summed E-state index contributed by atoms with van der Waals surface area (Å²) in [6.07, 6.45) is 3.30. The van der Waals surface area contributed by atoms with Crippen LogP contribution in [0.1, 0.15) is 24.5 Å². The molecule has 0 fully saturated rings. The molecule has 82 valence electrons. The van der Waals surface area contributed by atoms with Crippen molar-refractivity contribution < 1.29 is 4.79 Å². The second kappa shape index (κ2) is 5.54. The van der Waals surface area contributed by atoms with Gasteiger partial charge in [-0.3, -0.25) is 0 Å². The monoisotopic (exact) mass is 205 g/mol. The predicted molar refractivity (Wildman–Crippen MR) is 64.5 cm³/mol. The minimum Gasteiger partial charge on any atom is -0.374 e. The molecule has 1 aromatic rings. The Hall–Kier alpha value is -1.31. The van der Waals surface area contributed by atoms with Crippen molar-refractivity contribution in [2.24, 2.45) is 0 Å². The number of nitrogens with zero attached hydrogens (tertiary/aromatic N) is 1. The number of carbonyl (C=O) groups excluding carboxylic acids is 1. The highest BCUT2D eigenvalue weighted by molar-refractivity contribution is 5.55. The Labute approximate surface area is 91.9 Å². The molecule has 0 aromatic heterocycles. The van der Waals surface area contributed by atoms with Crippen LogP contribution in [0.3, 0.4) is 0 Å². The van der Waals surface area contributed by atoms with Crippen LogP contribution in [-0.4, -0.2) is 19.9 Å². The zero-order valence-electron chi connectivity index (χ0n) is 9.79. The van der Waals surface area contributed by atoms with Gasteiger partial charge in [0.15, 0.2) is 0 Å². The van der Waals surface area contributed by atoms with E-state index >= 15 is 0 Å². The van der Waals surface area contributed by atoms with Crippen molar-refractivity contribution in [3.63, 3.8) is 0 Å². The summed E-state index contributed by atoms with van der Waals surface area (Å²) in [4.78, 5) is 11.2. The lowest BCUT2D eigenvalue weighted by atomic mass is 10.0. The number of hydrogen-bond donors (Lipinski definition) is 0. The smallest absolute Gasteiger partial charge is 0.116 e. The zero-order chi connectivity index (χ0) is 11.3. The largest absolute Gasteiger partial charge is 0.374 e. The summed E-state index contributed by atoms with van der Waals surface area (Å²) < 4.78 is 0. The van der Waals surface area contributed by atoms with E-state index in [0.29, 0.717) is 0 Å². The van der Waals surface area contributed by atoms with Crippen molar-refractivity contribution in [2.45, 2.75) is 26.7 Å². The van der Waals surface area contributed by atoms with Gasteiger partial charge in [0.2, 0.25) is 0 Å². The second-order valence-electron chi connectivity index (χ2n) is 3.89. The Balaban J connectivity index is 0.000000337. The number of rotatable bonds is 0. The molecule has 2 heteroatoms. The molecule has 1 aromatic carbocycles. The second-order valence-corrected chi connectivity index (χ2v) is 3.89. The Kier molecular flexibility index (Phi) is 4.35. The predicted octanol–water partition coefficient (Wildman–Crippen LogP) is 2.58. The number of fused-ring (bicyclic) bond motifs is 1. The first-order valence-electron chi connectivity index (χ1n) is 5.39. The molecule has 1 aliphatic rings. The van der Waals surface area contributed by atoms with E-state index in [9.17, 15) is 0 Å². The van der Waals surface area contributed by atoms with Crippen molar-refractivity contribution in [2.75, 3.05) is 18.5 Å².